The third-order valence-electron chi connectivity index (χ3n) is 11.1. The molecule has 2 atom stereocenters. The molecule has 0 aliphatic carbocycles. The molecule has 0 aromatic rings. The van der Waals surface area contributed by atoms with Gasteiger partial charge in [0.2, 0.25) is 0 Å². The molecule has 0 saturated heterocycles. The molecule has 1 N–H and O–H groups in total. The Labute approximate surface area is 410 Å². The van der Waals surface area contributed by atoms with Gasteiger partial charge in [0.05, 0.1) is 34.4 Å². The Hall–Kier alpha value is -3.53. The van der Waals surface area contributed by atoms with E-state index in [-0.39, 0.29) is 38.6 Å². The molecule has 0 radical (unpaired) electrons. The van der Waals surface area contributed by atoms with Crippen LogP contribution in [0.5, 0.6) is 0 Å². The number of nitrogens with zero attached hydrogens (tertiary/aromatic N) is 1. The van der Waals surface area contributed by atoms with Crippen molar-refractivity contribution in [3.8, 4) is 0 Å². The summed E-state index contributed by atoms with van der Waals surface area (Å²) >= 11 is 0. The first-order chi connectivity index (χ1) is 32.6. The number of carboxylic acids is 1. The monoisotopic (exact) mass is 939 g/mol. The van der Waals surface area contributed by atoms with E-state index in [1.807, 2.05) is 33.3 Å². The van der Waals surface area contributed by atoms with Crippen LogP contribution in [0.4, 0.5) is 0 Å². The Morgan fingerprint density at radius 2 is 0.881 bits per heavy atom. The maximum Gasteiger partial charge on any atom is 0.361 e. The average Bonchev–Trinajstić information content (AvgIpc) is 3.29. The number of hydrogen-bond donors (Lipinski definition) is 1. The van der Waals surface area contributed by atoms with E-state index in [4.69, 9.17) is 18.9 Å². The normalized spacial score (nSPS) is 13.5. The van der Waals surface area contributed by atoms with Gasteiger partial charge in [-0.2, -0.15) is 0 Å². The minimum atomic E-state index is -1.53. The molecular weight excluding hydrogens is 839 g/mol. The molecule has 2 unspecified atom stereocenters. The van der Waals surface area contributed by atoms with Crippen LogP contribution in [0.25, 0.3) is 0 Å². The van der Waals surface area contributed by atoms with Crippen LogP contribution in [0.15, 0.2) is 85.1 Å². The average molecular weight is 939 g/mol. The summed E-state index contributed by atoms with van der Waals surface area (Å²) in [6.07, 6.45) is 61.2. The fourth-order valence-electron chi connectivity index (χ4n) is 7.03. The lowest BCUT2D eigenvalue weighted by molar-refractivity contribution is -0.870. The van der Waals surface area contributed by atoms with E-state index < -0.39 is 24.3 Å². The Morgan fingerprint density at radius 3 is 1.33 bits per heavy atom. The van der Waals surface area contributed by atoms with Crippen LogP contribution >= 0.6 is 0 Å². The minimum absolute atomic E-state index is 0.136. The van der Waals surface area contributed by atoms with Crippen molar-refractivity contribution in [1.29, 1.82) is 0 Å². The Kier molecular flexibility index (Phi) is 46.3. The van der Waals surface area contributed by atoms with Crippen LogP contribution in [0.2, 0.25) is 0 Å². The topological polar surface area (TPSA) is 108 Å². The number of quaternary nitrogens is 1. The van der Waals surface area contributed by atoms with Crippen molar-refractivity contribution >= 4 is 17.9 Å². The van der Waals surface area contributed by atoms with Gasteiger partial charge in [-0.1, -0.05) is 202 Å². The highest BCUT2D eigenvalue weighted by molar-refractivity contribution is 5.71. The predicted molar refractivity (Wildman–Crippen MR) is 281 cm³/mol. The Morgan fingerprint density at radius 1 is 0.463 bits per heavy atom. The predicted octanol–water partition coefficient (Wildman–Crippen LogP) is 15.2. The molecular formula is C58H100NO8+. The molecule has 0 saturated carbocycles. The lowest BCUT2D eigenvalue weighted by atomic mass is 10.0. The van der Waals surface area contributed by atoms with E-state index in [1.165, 1.54) is 116 Å². The van der Waals surface area contributed by atoms with Crippen LogP contribution in [0, 0.1) is 0 Å². The number of hydrogen-bond acceptors (Lipinski definition) is 7. The van der Waals surface area contributed by atoms with Crippen LogP contribution in [-0.4, -0.2) is 87.4 Å². The number of carboxylic acid groups (broad SMARTS) is 1. The summed E-state index contributed by atoms with van der Waals surface area (Å²) in [5.41, 5.74) is 0. The smallest absolute Gasteiger partial charge is 0.361 e. The van der Waals surface area contributed by atoms with Gasteiger partial charge < -0.3 is 28.5 Å². The summed E-state index contributed by atoms with van der Waals surface area (Å²) < 4.78 is 22.7. The molecule has 9 nitrogen and oxygen atoms in total. The number of carbonyl (C=O) groups excluding carboxylic acids is 2. The first-order valence-electron chi connectivity index (χ1n) is 26.8. The van der Waals surface area contributed by atoms with Gasteiger partial charge >= 0.3 is 17.9 Å². The van der Waals surface area contributed by atoms with E-state index in [2.05, 4.69) is 86.8 Å². The highest BCUT2D eigenvalue weighted by atomic mass is 16.7. The van der Waals surface area contributed by atoms with E-state index in [9.17, 15) is 19.5 Å². The molecule has 0 bridgehead atoms. The van der Waals surface area contributed by atoms with Gasteiger partial charge in [0.15, 0.2) is 6.10 Å². The maximum atomic E-state index is 12.7. The third kappa shape index (κ3) is 50.2. The molecule has 0 spiro atoms. The van der Waals surface area contributed by atoms with Crippen LogP contribution in [0.3, 0.4) is 0 Å². The van der Waals surface area contributed by atoms with Crippen molar-refractivity contribution in [3.05, 3.63) is 85.1 Å². The van der Waals surface area contributed by atoms with Gasteiger partial charge in [-0.3, -0.25) is 9.59 Å². The van der Waals surface area contributed by atoms with E-state index in [0.717, 1.165) is 57.8 Å². The van der Waals surface area contributed by atoms with E-state index in [1.54, 1.807) is 0 Å². The second kappa shape index (κ2) is 48.9. The zero-order valence-electron chi connectivity index (χ0n) is 43.5. The number of likely N-dealkylation sites (N-methyl/N-ethyl adjacent to an activating group) is 1. The number of carbonyl (C=O) groups is 3. The molecule has 0 amide bonds. The number of esters is 2. The van der Waals surface area contributed by atoms with Crippen molar-refractivity contribution in [1.82, 2.24) is 0 Å². The molecule has 0 aromatic carbocycles. The van der Waals surface area contributed by atoms with Gasteiger partial charge in [0.25, 0.3) is 6.29 Å². The zero-order valence-corrected chi connectivity index (χ0v) is 43.5. The van der Waals surface area contributed by atoms with Crippen LogP contribution in [-0.2, 0) is 33.3 Å². The van der Waals surface area contributed by atoms with Crippen molar-refractivity contribution in [2.75, 3.05) is 47.5 Å². The van der Waals surface area contributed by atoms with Gasteiger partial charge in [0, 0.05) is 12.8 Å². The van der Waals surface area contributed by atoms with Gasteiger partial charge in [-0.15, -0.1) is 0 Å². The van der Waals surface area contributed by atoms with E-state index in [0.29, 0.717) is 17.4 Å². The molecule has 67 heavy (non-hydrogen) atoms. The Bertz CT molecular complexity index is 1370. The van der Waals surface area contributed by atoms with Crippen molar-refractivity contribution in [2.24, 2.45) is 0 Å². The molecule has 0 aromatic heterocycles. The van der Waals surface area contributed by atoms with Crippen LogP contribution < -0.4 is 0 Å². The SMILES string of the molecule is CC/C=C\C/C=C\C/C=C\C/C=C\CCC(=O)OC(COC(=O)CCCCCCCCCCCCCCCC/C=C\C/C=C\C/C=C\CCCCCCC)COC(OCC[N+](C)(C)C)C(=O)O. The molecule has 0 aliphatic rings. The lowest BCUT2D eigenvalue weighted by Gasteiger charge is -2.25. The number of rotatable bonds is 48. The van der Waals surface area contributed by atoms with Gasteiger partial charge in [-0.25, -0.2) is 4.79 Å². The summed E-state index contributed by atoms with van der Waals surface area (Å²) in [6, 6.07) is 0. The minimum Gasteiger partial charge on any atom is -0.477 e. The fourth-order valence-corrected chi connectivity index (χ4v) is 7.03. The first-order valence-corrected chi connectivity index (χ1v) is 26.8. The molecule has 0 rings (SSSR count). The number of aliphatic carboxylic acids is 1. The summed E-state index contributed by atoms with van der Waals surface area (Å²) in [5.74, 6) is -2.12. The molecule has 0 fully saturated rings. The fraction of sp³-hybridized carbons (Fsp3) is 0.707. The Balaban J connectivity index is 4.22. The lowest BCUT2D eigenvalue weighted by Crippen LogP contribution is -2.40. The highest BCUT2D eigenvalue weighted by Crippen LogP contribution is 2.15. The van der Waals surface area contributed by atoms with Crippen molar-refractivity contribution in [2.45, 2.75) is 219 Å². The van der Waals surface area contributed by atoms with Gasteiger partial charge in [0.1, 0.15) is 13.2 Å². The molecule has 0 aliphatic heterocycles. The summed E-state index contributed by atoms with van der Waals surface area (Å²) in [4.78, 5) is 37.2. The number of unbranched alkanes of at least 4 members (excludes halogenated alkanes) is 19. The quantitative estimate of drug-likeness (QED) is 0.0211. The molecule has 9 heteroatoms. The van der Waals surface area contributed by atoms with Crippen LogP contribution in [0.1, 0.15) is 206 Å². The second-order valence-electron chi connectivity index (χ2n) is 18.8. The largest absolute Gasteiger partial charge is 0.477 e. The summed E-state index contributed by atoms with van der Waals surface area (Å²) in [6.45, 7) is 4.65. The maximum absolute atomic E-state index is 12.7. The number of ether oxygens (including phenoxy) is 4. The van der Waals surface area contributed by atoms with E-state index >= 15 is 0 Å². The van der Waals surface area contributed by atoms with Gasteiger partial charge in [-0.05, 0) is 77.0 Å². The van der Waals surface area contributed by atoms with Crippen molar-refractivity contribution < 1.29 is 42.9 Å². The van der Waals surface area contributed by atoms with Crippen molar-refractivity contribution in [3.63, 3.8) is 0 Å². The zero-order chi connectivity index (χ0) is 49.2. The highest BCUT2D eigenvalue weighted by Gasteiger charge is 2.25. The second-order valence-corrected chi connectivity index (χ2v) is 18.8. The standard InChI is InChI=1S/C58H99NO8/c1-6-8-10-12-14-16-18-20-21-22-23-24-25-26-27-28-29-30-31-32-33-34-35-37-38-40-42-44-46-48-55(60)65-52-54(53-66-58(57(62)63)64-51-50-59(3,4)5)67-56(61)49-47-45-43-41-39-36-19-17-15-13-11-9-7-2/h9,11,15,17-18,20,22-23,25-26,36,39,43,45,54,58H,6-8,10,12-14,16,19,21,24,27-35,37-38,40-42,44,46-53H2,1-5H3/p+1/b11-9-,17-15-,20-18-,23-22-,26-25-,39-36-,45-43-. The first kappa shape index (κ1) is 63.5. The summed E-state index contributed by atoms with van der Waals surface area (Å²) in [7, 11) is 5.93. The molecule has 0 heterocycles. The summed E-state index contributed by atoms with van der Waals surface area (Å²) in [5, 5.41) is 9.65. The third-order valence-corrected chi connectivity index (χ3v) is 11.1. The molecule has 384 valence electrons. The number of allylic oxidation sites excluding steroid dienone is 14.